The third-order valence-corrected chi connectivity index (χ3v) is 2.92. The van der Waals surface area contributed by atoms with E-state index in [-0.39, 0.29) is 0 Å². The van der Waals surface area contributed by atoms with E-state index >= 15 is 0 Å². The molecule has 0 bridgehead atoms. The lowest BCUT2D eigenvalue weighted by Gasteiger charge is -2.12. The van der Waals surface area contributed by atoms with Gasteiger partial charge in [0.25, 0.3) is 0 Å². The van der Waals surface area contributed by atoms with E-state index in [1.54, 1.807) is 12.1 Å². The smallest absolute Gasteiger partial charge is 0.214 e. The Balaban J connectivity index is 2.36. The number of benzene rings is 1. The maximum absolute atomic E-state index is 13.0. The van der Waals surface area contributed by atoms with Crippen molar-refractivity contribution in [1.82, 2.24) is 4.98 Å². The zero-order chi connectivity index (χ0) is 12.4. The molecule has 0 aliphatic rings. The van der Waals surface area contributed by atoms with Crippen LogP contribution < -0.4 is 5.32 Å². The van der Waals surface area contributed by atoms with Gasteiger partial charge >= 0.3 is 0 Å². The maximum atomic E-state index is 13.0. The Bertz CT molecular complexity index is 532. The van der Waals surface area contributed by atoms with Gasteiger partial charge in [0.1, 0.15) is 5.82 Å². The van der Waals surface area contributed by atoms with E-state index < -0.39 is 5.95 Å². The van der Waals surface area contributed by atoms with Crippen molar-refractivity contribution in [1.29, 1.82) is 0 Å². The second-order valence-corrected chi connectivity index (χ2v) is 4.80. The van der Waals surface area contributed by atoms with Crippen molar-refractivity contribution in [2.24, 2.45) is 0 Å². The second kappa shape index (κ2) is 4.84. The van der Waals surface area contributed by atoms with E-state index in [1.807, 2.05) is 26.0 Å². The molecule has 1 aromatic heterocycles. The highest BCUT2D eigenvalue weighted by Gasteiger charge is 2.05. The first-order valence-corrected chi connectivity index (χ1v) is 6.02. The lowest BCUT2D eigenvalue weighted by molar-refractivity contribution is 0.585. The van der Waals surface area contributed by atoms with Crippen LogP contribution in [0, 0.1) is 19.8 Å². The Hall–Kier alpha value is -1.42. The van der Waals surface area contributed by atoms with E-state index in [1.165, 1.54) is 6.07 Å². The minimum absolute atomic E-state index is 0.484. The Morgan fingerprint density at radius 1 is 1.18 bits per heavy atom. The molecule has 0 amide bonds. The number of halogens is 2. The van der Waals surface area contributed by atoms with Gasteiger partial charge in [-0.15, -0.1) is 0 Å². The minimum Gasteiger partial charge on any atom is -0.340 e. The fraction of sp³-hybridized carbons (Fsp3) is 0.154. The molecule has 2 nitrogen and oxygen atoms in total. The van der Waals surface area contributed by atoms with Gasteiger partial charge in [-0.3, -0.25) is 0 Å². The third-order valence-electron chi connectivity index (χ3n) is 2.47. The summed E-state index contributed by atoms with van der Waals surface area (Å²) in [6.45, 7) is 4.00. The molecule has 0 fully saturated rings. The van der Waals surface area contributed by atoms with Crippen molar-refractivity contribution in [2.75, 3.05) is 5.32 Å². The van der Waals surface area contributed by atoms with Gasteiger partial charge in [0, 0.05) is 10.2 Å². The van der Waals surface area contributed by atoms with Crippen LogP contribution in [0.15, 0.2) is 34.8 Å². The van der Waals surface area contributed by atoms with Crippen LogP contribution in [-0.2, 0) is 0 Å². The lowest BCUT2D eigenvalue weighted by atomic mass is 10.1. The lowest BCUT2D eigenvalue weighted by Crippen LogP contribution is -1.99. The molecule has 2 aromatic rings. The monoisotopic (exact) mass is 294 g/mol. The minimum atomic E-state index is -0.484. The summed E-state index contributed by atoms with van der Waals surface area (Å²) in [5, 5.41) is 3.14. The molecule has 0 radical (unpaired) electrons. The number of pyridine rings is 1. The molecule has 1 aromatic carbocycles. The molecule has 0 atom stereocenters. The van der Waals surface area contributed by atoms with Crippen molar-refractivity contribution in [3.63, 3.8) is 0 Å². The van der Waals surface area contributed by atoms with Gasteiger partial charge in [-0.2, -0.15) is 4.39 Å². The zero-order valence-corrected chi connectivity index (χ0v) is 11.2. The molecule has 88 valence electrons. The van der Waals surface area contributed by atoms with E-state index in [2.05, 4.69) is 26.2 Å². The number of aromatic nitrogens is 1. The summed E-state index contributed by atoms with van der Waals surface area (Å²) >= 11 is 3.44. The molecule has 0 spiro atoms. The molecule has 4 heteroatoms. The standard InChI is InChI=1S/C13H12BrFN2/c1-8-6-10(14)7-9(2)13(8)17-12-5-3-4-11(15)16-12/h3-7H,1-2H3,(H,16,17). The number of rotatable bonds is 2. The van der Waals surface area contributed by atoms with Crippen LogP contribution in [0.1, 0.15) is 11.1 Å². The molecule has 0 saturated heterocycles. The Morgan fingerprint density at radius 3 is 2.41 bits per heavy atom. The summed E-state index contributed by atoms with van der Waals surface area (Å²) in [7, 11) is 0. The highest BCUT2D eigenvalue weighted by Crippen LogP contribution is 2.27. The van der Waals surface area contributed by atoms with Crippen molar-refractivity contribution >= 4 is 27.4 Å². The highest BCUT2D eigenvalue weighted by atomic mass is 79.9. The molecular formula is C13H12BrFN2. The van der Waals surface area contributed by atoms with Crippen LogP contribution in [0.2, 0.25) is 0 Å². The average molecular weight is 295 g/mol. The van der Waals surface area contributed by atoms with Crippen molar-refractivity contribution in [2.45, 2.75) is 13.8 Å². The summed E-state index contributed by atoms with van der Waals surface area (Å²) in [6.07, 6.45) is 0. The molecule has 1 heterocycles. The summed E-state index contributed by atoms with van der Waals surface area (Å²) < 4.78 is 14.0. The van der Waals surface area contributed by atoms with Crippen molar-refractivity contribution in [3.05, 3.63) is 51.9 Å². The Labute approximate surface area is 108 Å². The first-order chi connectivity index (χ1) is 8.06. The van der Waals surface area contributed by atoms with Crippen LogP contribution in [0.4, 0.5) is 15.9 Å². The number of anilines is 2. The van der Waals surface area contributed by atoms with Gasteiger partial charge in [0.2, 0.25) is 5.95 Å². The predicted molar refractivity (Wildman–Crippen MR) is 71.1 cm³/mol. The maximum Gasteiger partial charge on any atom is 0.214 e. The third kappa shape index (κ3) is 2.82. The average Bonchev–Trinajstić information content (AvgIpc) is 2.23. The molecule has 0 unspecified atom stereocenters. The quantitative estimate of drug-likeness (QED) is 0.833. The van der Waals surface area contributed by atoms with E-state index in [9.17, 15) is 4.39 Å². The van der Waals surface area contributed by atoms with Gasteiger partial charge in [0.15, 0.2) is 0 Å². The SMILES string of the molecule is Cc1cc(Br)cc(C)c1Nc1cccc(F)n1. The zero-order valence-electron chi connectivity index (χ0n) is 9.59. The first kappa shape index (κ1) is 12.0. The first-order valence-electron chi connectivity index (χ1n) is 5.22. The number of hydrogen-bond acceptors (Lipinski definition) is 2. The van der Waals surface area contributed by atoms with Crippen molar-refractivity contribution < 1.29 is 4.39 Å². The van der Waals surface area contributed by atoms with Crippen LogP contribution >= 0.6 is 15.9 Å². The van der Waals surface area contributed by atoms with Crippen LogP contribution in [0.25, 0.3) is 0 Å². The second-order valence-electron chi connectivity index (χ2n) is 3.89. The van der Waals surface area contributed by atoms with Gasteiger partial charge in [-0.25, -0.2) is 4.98 Å². The molecule has 0 saturated carbocycles. The van der Waals surface area contributed by atoms with Crippen LogP contribution in [0.3, 0.4) is 0 Å². The molecule has 1 N–H and O–H groups in total. The largest absolute Gasteiger partial charge is 0.340 e. The number of nitrogens with one attached hydrogen (secondary N) is 1. The molecule has 0 aliphatic carbocycles. The molecule has 17 heavy (non-hydrogen) atoms. The van der Waals surface area contributed by atoms with E-state index in [4.69, 9.17) is 0 Å². The topological polar surface area (TPSA) is 24.9 Å². The van der Waals surface area contributed by atoms with Crippen molar-refractivity contribution in [3.8, 4) is 0 Å². The van der Waals surface area contributed by atoms with Gasteiger partial charge in [0.05, 0.1) is 0 Å². The predicted octanol–water partition coefficient (Wildman–Crippen LogP) is 4.34. The molecular weight excluding hydrogens is 283 g/mol. The Morgan fingerprint density at radius 2 is 1.82 bits per heavy atom. The fourth-order valence-electron chi connectivity index (χ4n) is 1.71. The molecule has 0 aliphatic heterocycles. The van der Waals surface area contributed by atoms with Gasteiger partial charge < -0.3 is 5.32 Å². The number of aryl methyl sites for hydroxylation is 2. The summed E-state index contributed by atoms with van der Waals surface area (Å²) in [5.74, 6) is 0.0286. The number of hydrogen-bond donors (Lipinski definition) is 1. The summed E-state index contributed by atoms with van der Waals surface area (Å²) in [4.78, 5) is 3.78. The van der Waals surface area contributed by atoms with Gasteiger partial charge in [-0.1, -0.05) is 22.0 Å². The van der Waals surface area contributed by atoms with Crippen LogP contribution in [-0.4, -0.2) is 4.98 Å². The molecule has 2 rings (SSSR count). The Kier molecular flexibility index (Phi) is 3.43. The van der Waals surface area contributed by atoms with E-state index in [0.29, 0.717) is 5.82 Å². The number of nitrogens with zero attached hydrogens (tertiary/aromatic N) is 1. The van der Waals surface area contributed by atoms with E-state index in [0.717, 1.165) is 21.3 Å². The van der Waals surface area contributed by atoms with Crippen LogP contribution in [0.5, 0.6) is 0 Å². The highest BCUT2D eigenvalue weighted by molar-refractivity contribution is 9.10. The van der Waals surface area contributed by atoms with Gasteiger partial charge in [-0.05, 0) is 49.2 Å². The summed E-state index contributed by atoms with van der Waals surface area (Å²) in [6, 6.07) is 8.72. The summed E-state index contributed by atoms with van der Waals surface area (Å²) in [5.41, 5.74) is 3.14. The normalized spacial score (nSPS) is 10.4. The fourth-order valence-corrected chi connectivity index (χ4v) is 2.40.